The van der Waals surface area contributed by atoms with Gasteiger partial charge < -0.3 is 0 Å². The van der Waals surface area contributed by atoms with Gasteiger partial charge in [-0.15, -0.1) is 0 Å². The summed E-state index contributed by atoms with van der Waals surface area (Å²) >= 11 is 0. The molecule has 0 amide bonds. The van der Waals surface area contributed by atoms with Gasteiger partial charge in [-0.25, -0.2) is 0 Å². The van der Waals surface area contributed by atoms with E-state index in [0.717, 1.165) is 16.8 Å². The lowest BCUT2D eigenvalue weighted by atomic mass is 10.1. The van der Waals surface area contributed by atoms with Crippen LogP contribution in [0.5, 0.6) is 0 Å². The summed E-state index contributed by atoms with van der Waals surface area (Å²) in [6.07, 6.45) is 0. The molecule has 23 heavy (non-hydrogen) atoms. The van der Waals surface area contributed by atoms with Gasteiger partial charge in [0, 0.05) is 32.5 Å². The van der Waals surface area contributed by atoms with Gasteiger partial charge in [0.15, 0.2) is 0 Å². The number of hydrogen-bond donors (Lipinski definition) is 0. The lowest BCUT2D eigenvalue weighted by Gasteiger charge is -2.12. The van der Waals surface area contributed by atoms with Crippen LogP contribution in [0, 0.1) is 0 Å². The van der Waals surface area contributed by atoms with Crippen molar-refractivity contribution in [3.63, 3.8) is 0 Å². The summed E-state index contributed by atoms with van der Waals surface area (Å²) in [7, 11) is 0. The Labute approximate surface area is 133 Å². The van der Waals surface area contributed by atoms with Crippen LogP contribution < -0.4 is 0 Å². The van der Waals surface area contributed by atoms with Crippen LogP contribution in [0.4, 0.5) is 11.4 Å². The third-order valence-electron chi connectivity index (χ3n) is 3.37. The van der Waals surface area contributed by atoms with Crippen molar-refractivity contribution in [2.75, 3.05) is 0 Å². The first-order valence-electron chi connectivity index (χ1n) is 7.00. The molecular formula is C16H15N7. The molecule has 0 bridgehead atoms. The quantitative estimate of drug-likeness (QED) is 0.273. The zero-order valence-electron chi connectivity index (χ0n) is 12.8. The Balaban J connectivity index is 2.42. The van der Waals surface area contributed by atoms with Crippen molar-refractivity contribution in [1.29, 1.82) is 0 Å². The maximum absolute atomic E-state index is 8.66. The summed E-state index contributed by atoms with van der Waals surface area (Å²) in [5.41, 5.74) is 20.8. The van der Waals surface area contributed by atoms with E-state index in [-0.39, 0.29) is 6.04 Å². The molecule has 2 aromatic carbocycles. The molecule has 0 aliphatic carbocycles. The Kier molecular flexibility index (Phi) is 5.36. The fourth-order valence-corrected chi connectivity index (χ4v) is 2.32. The van der Waals surface area contributed by atoms with Gasteiger partial charge in [-0.1, -0.05) is 58.8 Å². The molecule has 7 heteroatoms. The third-order valence-corrected chi connectivity index (χ3v) is 3.37. The molecular weight excluding hydrogens is 290 g/mol. The maximum Gasteiger partial charge on any atom is 0.0728 e. The van der Waals surface area contributed by atoms with Crippen LogP contribution in [0.25, 0.3) is 20.9 Å². The lowest BCUT2D eigenvalue weighted by molar-refractivity contribution is 0.820. The molecule has 114 valence electrons. The average molecular weight is 305 g/mol. The molecule has 7 nitrogen and oxygen atoms in total. The van der Waals surface area contributed by atoms with Gasteiger partial charge in [0.25, 0.3) is 0 Å². The van der Waals surface area contributed by atoms with E-state index in [0.29, 0.717) is 11.4 Å². The van der Waals surface area contributed by atoms with E-state index in [2.05, 4.69) is 25.0 Å². The second-order valence-electron chi connectivity index (χ2n) is 4.85. The number of rotatable bonds is 5. The molecule has 0 spiro atoms. The van der Waals surface area contributed by atoms with E-state index in [4.69, 9.17) is 11.1 Å². The van der Waals surface area contributed by atoms with Crippen molar-refractivity contribution >= 4 is 17.1 Å². The Bertz CT molecular complexity index is 828. The summed E-state index contributed by atoms with van der Waals surface area (Å²) in [4.78, 5) is 10.3. The molecule has 0 saturated heterocycles. The van der Waals surface area contributed by atoms with Gasteiger partial charge in [-0.3, -0.25) is 4.99 Å². The summed E-state index contributed by atoms with van der Waals surface area (Å²) < 4.78 is 0. The summed E-state index contributed by atoms with van der Waals surface area (Å²) in [6, 6.07) is 14.4. The van der Waals surface area contributed by atoms with Crippen molar-refractivity contribution < 1.29 is 0 Å². The molecule has 0 aromatic heterocycles. The summed E-state index contributed by atoms with van der Waals surface area (Å²) in [5.74, 6) is 0. The molecule has 2 aromatic rings. The predicted octanol–water partition coefficient (Wildman–Crippen LogP) is 6.14. The number of benzene rings is 2. The van der Waals surface area contributed by atoms with Crippen LogP contribution in [-0.4, -0.2) is 5.71 Å². The van der Waals surface area contributed by atoms with Gasteiger partial charge in [0.1, 0.15) is 0 Å². The Morgan fingerprint density at radius 3 is 2.17 bits per heavy atom. The van der Waals surface area contributed by atoms with Gasteiger partial charge in [0.05, 0.1) is 6.04 Å². The van der Waals surface area contributed by atoms with E-state index in [1.54, 1.807) is 18.2 Å². The van der Waals surface area contributed by atoms with Gasteiger partial charge in [0.2, 0.25) is 0 Å². The molecule has 0 fully saturated rings. The third kappa shape index (κ3) is 3.89. The fourth-order valence-electron chi connectivity index (χ4n) is 2.32. The van der Waals surface area contributed by atoms with Crippen LogP contribution in [-0.2, 0) is 0 Å². The molecule has 0 heterocycles. The minimum absolute atomic E-state index is 0.198. The average Bonchev–Trinajstić information content (AvgIpc) is 2.56. The minimum atomic E-state index is -0.198. The van der Waals surface area contributed by atoms with Crippen molar-refractivity contribution in [1.82, 2.24) is 0 Å². The molecule has 1 atom stereocenters. The highest BCUT2D eigenvalue weighted by atomic mass is 15.1. The standard InChI is InChI=1S/C16H15N7/c1-11(13-7-3-5-9-15(13)20-22-17)19-12(2)14-8-4-6-10-16(14)21-23-18/h3-11H,1-2H3/t11-/m0/s1. The number of aliphatic imine (C=N–C) groups is 1. The normalized spacial score (nSPS) is 12.0. The molecule has 0 radical (unpaired) electrons. The fraction of sp³-hybridized carbons (Fsp3) is 0.188. The van der Waals surface area contributed by atoms with E-state index >= 15 is 0 Å². The highest BCUT2D eigenvalue weighted by molar-refractivity contribution is 6.03. The zero-order chi connectivity index (χ0) is 16.7. The van der Waals surface area contributed by atoms with Gasteiger partial charge in [-0.2, -0.15) is 0 Å². The van der Waals surface area contributed by atoms with E-state index < -0.39 is 0 Å². The smallest absolute Gasteiger partial charge is 0.0728 e. The topological polar surface area (TPSA) is 110 Å². The minimum Gasteiger partial charge on any atom is -0.282 e. The van der Waals surface area contributed by atoms with Crippen LogP contribution >= 0.6 is 0 Å². The monoisotopic (exact) mass is 305 g/mol. The van der Waals surface area contributed by atoms with Crippen LogP contribution in [0.15, 0.2) is 63.8 Å². The summed E-state index contributed by atoms with van der Waals surface area (Å²) in [6.45, 7) is 3.78. The number of azide groups is 2. The Morgan fingerprint density at radius 1 is 0.913 bits per heavy atom. The second-order valence-corrected chi connectivity index (χ2v) is 4.85. The van der Waals surface area contributed by atoms with Crippen molar-refractivity contribution in [3.8, 4) is 0 Å². The molecule has 0 saturated carbocycles. The van der Waals surface area contributed by atoms with Gasteiger partial charge in [-0.05, 0) is 30.5 Å². The molecule has 2 rings (SSSR count). The highest BCUT2D eigenvalue weighted by Gasteiger charge is 2.10. The lowest BCUT2D eigenvalue weighted by Crippen LogP contribution is -1.99. The predicted molar refractivity (Wildman–Crippen MR) is 91.1 cm³/mol. The van der Waals surface area contributed by atoms with E-state index in [1.807, 2.05) is 44.2 Å². The van der Waals surface area contributed by atoms with E-state index in [1.165, 1.54) is 0 Å². The first-order valence-corrected chi connectivity index (χ1v) is 7.00. The van der Waals surface area contributed by atoms with Crippen LogP contribution in [0.1, 0.15) is 31.0 Å². The van der Waals surface area contributed by atoms with Crippen molar-refractivity contribution in [2.45, 2.75) is 19.9 Å². The number of nitrogens with zero attached hydrogens (tertiary/aromatic N) is 7. The highest BCUT2D eigenvalue weighted by Crippen LogP contribution is 2.29. The second kappa shape index (κ2) is 7.66. The van der Waals surface area contributed by atoms with Gasteiger partial charge >= 0.3 is 0 Å². The first-order chi connectivity index (χ1) is 11.2. The van der Waals surface area contributed by atoms with Crippen LogP contribution in [0.3, 0.4) is 0 Å². The summed E-state index contributed by atoms with van der Waals surface area (Å²) in [5, 5.41) is 7.39. The number of hydrogen-bond acceptors (Lipinski definition) is 3. The molecule has 0 aliphatic rings. The SMILES string of the molecule is CC(=N[C@@H](C)c1ccccc1N=[N+]=[N-])c1ccccc1N=[N+]=[N-]. The maximum atomic E-state index is 8.66. The largest absolute Gasteiger partial charge is 0.282 e. The first kappa shape index (κ1) is 16.1. The Morgan fingerprint density at radius 2 is 1.48 bits per heavy atom. The zero-order valence-corrected chi connectivity index (χ0v) is 12.8. The van der Waals surface area contributed by atoms with E-state index in [9.17, 15) is 0 Å². The Hall–Kier alpha value is -3.27. The molecule has 0 N–H and O–H groups in total. The van der Waals surface area contributed by atoms with Crippen molar-refractivity contribution in [2.24, 2.45) is 15.2 Å². The molecule has 0 unspecified atom stereocenters. The van der Waals surface area contributed by atoms with Crippen LogP contribution in [0.2, 0.25) is 0 Å². The van der Waals surface area contributed by atoms with Crippen molar-refractivity contribution in [3.05, 3.63) is 80.5 Å². The molecule has 0 aliphatic heterocycles.